The van der Waals surface area contributed by atoms with E-state index < -0.39 is 0 Å². The van der Waals surface area contributed by atoms with Gasteiger partial charge in [-0.05, 0) is 24.6 Å². The molecule has 1 heterocycles. The van der Waals surface area contributed by atoms with Gasteiger partial charge in [-0.3, -0.25) is 4.79 Å². The lowest BCUT2D eigenvalue weighted by Crippen LogP contribution is -2.15. The number of rotatable bonds is 3. The van der Waals surface area contributed by atoms with E-state index in [0.717, 1.165) is 5.56 Å². The molecule has 3 N–H and O–H groups in total. The second-order valence-electron chi connectivity index (χ2n) is 3.86. The SMILES string of the molecule is Cc1ccc(F)cc1NC(=O)Cc1csc(N)n1. The van der Waals surface area contributed by atoms with Crippen LogP contribution in [0.15, 0.2) is 23.6 Å². The van der Waals surface area contributed by atoms with Crippen LogP contribution in [0.25, 0.3) is 0 Å². The van der Waals surface area contributed by atoms with Crippen molar-refractivity contribution in [2.45, 2.75) is 13.3 Å². The third-order valence-corrected chi connectivity index (χ3v) is 3.11. The normalized spacial score (nSPS) is 10.3. The lowest BCUT2D eigenvalue weighted by molar-refractivity contribution is -0.115. The Hall–Kier alpha value is -1.95. The van der Waals surface area contributed by atoms with Crippen LogP contribution in [0.1, 0.15) is 11.3 Å². The van der Waals surface area contributed by atoms with Gasteiger partial charge in [0.2, 0.25) is 5.91 Å². The van der Waals surface area contributed by atoms with Crippen molar-refractivity contribution in [1.82, 2.24) is 4.98 Å². The molecule has 0 saturated carbocycles. The van der Waals surface area contributed by atoms with E-state index in [1.54, 1.807) is 18.4 Å². The van der Waals surface area contributed by atoms with Crippen LogP contribution in [0.5, 0.6) is 0 Å². The average molecular weight is 265 g/mol. The first-order valence-electron chi connectivity index (χ1n) is 5.30. The number of nitrogens with zero attached hydrogens (tertiary/aromatic N) is 1. The molecule has 0 radical (unpaired) electrons. The van der Waals surface area contributed by atoms with Gasteiger partial charge in [0.05, 0.1) is 12.1 Å². The van der Waals surface area contributed by atoms with E-state index >= 15 is 0 Å². The third-order valence-electron chi connectivity index (χ3n) is 2.38. The number of nitrogens with two attached hydrogens (primary N) is 1. The van der Waals surface area contributed by atoms with Gasteiger partial charge in [-0.2, -0.15) is 0 Å². The molecule has 1 amide bonds. The molecule has 2 rings (SSSR count). The van der Waals surface area contributed by atoms with E-state index in [9.17, 15) is 9.18 Å². The Labute approximate surface area is 108 Å². The van der Waals surface area contributed by atoms with Crippen molar-refractivity contribution in [1.29, 1.82) is 0 Å². The maximum absolute atomic E-state index is 13.0. The van der Waals surface area contributed by atoms with Gasteiger partial charge in [-0.25, -0.2) is 9.37 Å². The maximum Gasteiger partial charge on any atom is 0.230 e. The number of aryl methyl sites for hydroxylation is 1. The van der Waals surface area contributed by atoms with Crippen LogP contribution >= 0.6 is 11.3 Å². The summed E-state index contributed by atoms with van der Waals surface area (Å²) >= 11 is 1.28. The lowest BCUT2D eigenvalue weighted by atomic mass is 10.2. The summed E-state index contributed by atoms with van der Waals surface area (Å²) in [6, 6.07) is 4.26. The fourth-order valence-corrected chi connectivity index (χ4v) is 2.05. The number of carbonyl (C=O) groups is 1. The number of thiazole rings is 1. The lowest BCUT2D eigenvalue weighted by Gasteiger charge is -2.07. The Bertz CT molecular complexity index is 582. The van der Waals surface area contributed by atoms with E-state index in [2.05, 4.69) is 10.3 Å². The van der Waals surface area contributed by atoms with Crippen LogP contribution in [0.3, 0.4) is 0 Å². The number of hydrogen-bond acceptors (Lipinski definition) is 4. The van der Waals surface area contributed by atoms with Crippen molar-refractivity contribution in [2.24, 2.45) is 0 Å². The van der Waals surface area contributed by atoms with E-state index in [1.807, 2.05) is 0 Å². The second kappa shape index (κ2) is 5.14. The van der Waals surface area contributed by atoms with Crippen LogP contribution in [0.2, 0.25) is 0 Å². The van der Waals surface area contributed by atoms with E-state index in [4.69, 9.17) is 5.73 Å². The van der Waals surface area contributed by atoms with Crippen molar-refractivity contribution in [3.63, 3.8) is 0 Å². The quantitative estimate of drug-likeness (QED) is 0.895. The van der Waals surface area contributed by atoms with Gasteiger partial charge >= 0.3 is 0 Å². The molecule has 18 heavy (non-hydrogen) atoms. The fraction of sp³-hybridized carbons (Fsp3) is 0.167. The minimum Gasteiger partial charge on any atom is -0.375 e. The molecule has 0 fully saturated rings. The zero-order chi connectivity index (χ0) is 13.1. The smallest absolute Gasteiger partial charge is 0.230 e. The molecular formula is C12H12FN3OS. The summed E-state index contributed by atoms with van der Waals surface area (Å²) < 4.78 is 13.0. The summed E-state index contributed by atoms with van der Waals surface area (Å²) in [6.45, 7) is 1.80. The van der Waals surface area contributed by atoms with Gasteiger partial charge in [0.25, 0.3) is 0 Å². The third kappa shape index (κ3) is 3.04. The average Bonchev–Trinajstić information content (AvgIpc) is 2.69. The molecule has 6 heteroatoms. The van der Waals surface area contributed by atoms with E-state index in [1.165, 1.54) is 23.5 Å². The summed E-state index contributed by atoms with van der Waals surface area (Å²) in [7, 11) is 0. The van der Waals surface area contributed by atoms with Crippen LogP contribution in [-0.2, 0) is 11.2 Å². The molecule has 1 aromatic heterocycles. The van der Waals surface area contributed by atoms with Gasteiger partial charge < -0.3 is 11.1 Å². The van der Waals surface area contributed by atoms with Gasteiger partial charge in [0, 0.05) is 11.1 Å². The number of benzene rings is 1. The number of hydrogen-bond donors (Lipinski definition) is 2. The second-order valence-corrected chi connectivity index (χ2v) is 4.75. The molecule has 1 aromatic carbocycles. The highest BCUT2D eigenvalue weighted by Gasteiger charge is 2.09. The Morgan fingerprint density at radius 2 is 2.33 bits per heavy atom. The zero-order valence-electron chi connectivity index (χ0n) is 9.74. The predicted molar refractivity (Wildman–Crippen MR) is 70.0 cm³/mol. The van der Waals surface area contributed by atoms with E-state index in [0.29, 0.717) is 16.5 Å². The summed E-state index contributed by atoms with van der Waals surface area (Å²) in [5.41, 5.74) is 7.37. The monoisotopic (exact) mass is 265 g/mol. The minimum absolute atomic E-state index is 0.129. The number of anilines is 2. The predicted octanol–water partition coefficient (Wildman–Crippen LogP) is 2.35. The number of carbonyl (C=O) groups excluding carboxylic acids is 1. The van der Waals surface area contributed by atoms with Crippen molar-refractivity contribution in [2.75, 3.05) is 11.1 Å². The summed E-state index contributed by atoms with van der Waals surface area (Å²) in [5, 5.41) is 4.81. The van der Waals surface area contributed by atoms with Crippen molar-refractivity contribution >= 4 is 28.1 Å². The molecule has 4 nitrogen and oxygen atoms in total. The number of nitrogens with one attached hydrogen (secondary N) is 1. The topological polar surface area (TPSA) is 68.0 Å². The molecule has 94 valence electrons. The first kappa shape index (κ1) is 12.5. The first-order chi connectivity index (χ1) is 8.54. The summed E-state index contributed by atoms with van der Waals surface area (Å²) in [6.07, 6.45) is 0.129. The van der Waals surface area contributed by atoms with Crippen molar-refractivity contribution < 1.29 is 9.18 Å². The minimum atomic E-state index is -0.381. The highest BCUT2D eigenvalue weighted by atomic mass is 32.1. The Morgan fingerprint density at radius 3 is 3.00 bits per heavy atom. The highest BCUT2D eigenvalue weighted by Crippen LogP contribution is 2.17. The van der Waals surface area contributed by atoms with Gasteiger partial charge in [0.15, 0.2) is 5.13 Å². The summed E-state index contributed by atoms with van der Waals surface area (Å²) in [4.78, 5) is 15.7. The summed E-state index contributed by atoms with van der Waals surface area (Å²) in [5.74, 6) is -0.622. The fourth-order valence-electron chi connectivity index (χ4n) is 1.49. The molecule has 0 aliphatic rings. The zero-order valence-corrected chi connectivity index (χ0v) is 10.6. The van der Waals surface area contributed by atoms with E-state index in [-0.39, 0.29) is 18.1 Å². The van der Waals surface area contributed by atoms with Crippen LogP contribution in [0.4, 0.5) is 15.2 Å². The first-order valence-corrected chi connectivity index (χ1v) is 6.18. The Kier molecular flexibility index (Phi) is 3.57. The van der Waals surface area contributed by atoms with Gasteiger partial charge in [-0.1, -0.05) is 6.07 Å². The van der Waals surface area contributed by atoms with Crippen LogP contribution in [0, 0.1) is 12.7 Å². The van der Waals surface area contributed by atoms with Gasteiger partial charge in [0.1, 0.15) is 5.82 Å². The molecule has 0 aliphatic heterocycles. The molecular weight excluding hydrogens is 253 g/mol. The molecule has 0 bridgehead atoms. The van der Waals surface area contributed by atoms with Gasteiger partial charge in [-0.15, -0.1) is 11.3 Å². The number of aromatic nitrogens is 1. The van der Waals surface area contributed by atoms with Crippen molar-refractivity contribution in [3.05, 3.63) is 40.7 Å². The molecule has 0 spiro atoms. The molecule has 2 aromatic rings. The molecule has 0 unspecified atom stereocenters. The molecule has 0 atom stereocenters. The molecule has 0 aliphatic carbocycles. The number of halogens is 1. The highest BCUT2D eigenvalue weighted by molar-refractivity contribution is 7.13. The van der Waals surface area contributed by atoms with Crippen LogP contribution in [-0.4, -0.2) is 10.9 Å². The number of amides is 1. The standard InChI is InChI=1S/C12H12FN3OS/c1-7-2-3-8(13)4-10(7)16-11(17)5-9-6-18-12(14)15-9/h2-4,6H,5H2,1H3,(H2,14,15)(H,16,17). The largest absolute Gasteiger partial charge is 0.375 e. The molecule has 0 saturated heterocycles. The maximum atomic E-state index is 13.0. The van der Waals surface area contributed by atoms with Crippen molar-refractivity contribution in [3.8, 4) is 0 Å². The van der Waals surface area contributed by atoms with Crippen LogP contribution < -0.4 is 11.1 Å². The Balaban J connectivity index is 2.05. The Morgan fingerprint density at radius 1 is 1.56 bits per heavy atom. The number of nitrogen functional groups attached to an aromatic ring is 1.